The van der Waals surface area contributed by atoms with Crippen molar-refractivity contribution in [2.75, 3.05) is 6.54 Å². The van der Waals surface area contributed by atoms with E-state index < -0.39 is 78.5 Å². The highest BCUT2D eigenvalue weighted by atomic mass is 16.4. The van der Waals surface area contributed by atoms with Gasteiger partial charge in [-0.2, -0.15) is 0 Å². The summed E-state index contributed by atoms with van der Waals surface area (Å²) >= 11 is 0. The van der Waals surface area contributed by atoms with Gasteiger partial charge in [0.25, 0.3) is 0 Å². The largest absolute Gasteiger partial charge is 0.481 e. The number of nitrogens with two attached hydrogens (primary N) is 2. The first kappa shape index (κ1) is 25.8. The number of nitrogens with zero attached hydrogens (tertiary/aromatic N) is 1. The minimum Gasteiger partial charge on any atom is -0.481 e. The van der Waals surface area contributed by atoms with Crippen molar-refractivity contribution in [1.29, 1.82) is 0 Å². The van der Waals surface area contributed by atoms with Crippen LogP contribution in [0.2, 0.25) is 0 Å². The Hall–Kier alpha value is -3.22. The van der Waals surface area contributed by atoms with Crippen molar-refractivity contribution in [2.24, 2.45) is 17.4 Å². The molecule has 1 saturated heterocycles. The van der Waals surface area contributed by atoms with E-state index >= 15 is 0 Å². The first-order valence-corrected chi connectivity index (χ1v) is 9.74. The third kappa shape index (κ3) is 7.51. The van der Waals surface area contributed by atoms with E-state index in [2.05, 4.69) is 10.6 Å². The van der Waals surface area contributed by atoms with Gasteiger partial charge in [0.2, 0.25) is 23.6 Å². The van der Waals surface area contributed by atoms with Crippen LogP contribution in [0, 0.1) is 5.92 Å². The quantitative estimate of drug-likeness (QED) is 0.196. The summed E-state index contributed by atoms with van der Waals surface area (Å²) in [5.41, 5.74) is 10.6. The van der Waals surface area contributed by atoms with Crippen LogP contribution in [0.5, 0.6) is 0 Å². The van der Waals surface area contributed by atoms with E-state index in [9.17, 15) is 28.8 Å². The molecule has 4 unspecified atom stereocenters. The van der Waals surface area contributed by atoms with Crippen LogP contribution in [-0.4, -0.2) is 81.4 Å². The Kier molecular flexibility index (Phi) is 9.37. The maximum absolute atomic E-state index is 12.8. The highest BCUT2D eigenvalue weighted by molar-refractivity contribution is 5.95. The predicted molar refractivity (Wildman–Crippen MR) is 105 cm³/mol. The number of aliphatic carboxylic acids is 2. The molecule has 13 heteroatoms. The van der Waals surface area contributed by atoms with Crippen molar-refractivity contribution < 1.29 is 39.0 Å². The lowest BCUT2D eigenvalue weighted by atomic mass is 10.0. The van der Waals surface area contributed by atoms with Crippen molar-refractivity contribution in [3.63, 3.8) is 0 Å². The minimum atomic E-state index is -1.55. The smallest absolute Gasteiger partial charge is 0.326 e. The van der Waals surface area contributed by atoms with E-state index in [1.54, 1.807) is 13.8 Å². The van der Waals surface area contributed by atoms with Gasteiger partial charge in [-0.05, 0) is 18.8 Å². The highest BCUT2D eigenvalue weighted by Crippen LogP contribution is 2.19. The second kappa shape index (κ2) is 11.2. The SMILES string of the molecule is CC(C)C(NC(=O)C1CCCN1C(=O)C(N)CC(=O)O)C(=O)NC(CC(N)=O)C(=O)O. The summed E-state index contributed by atoms with van der Waals surface area (Å²) < 4.78 is 0. The molecule has 4 amide bonds. The van der Waals surface area contributed by atoms with E-state index in [0.717, 1.165) is 0 Å². The molecule has 13 nitrogen and oxygen atoms in total. The average Bonchev–Trinajstić information content (AvgIpc) is 3.13. The fourth-order valence-electron chi connectivity index (χ4n) is 3.24. The second-order valence-corrected chi connectivity index (χ2v) is 7.69. The van der Waals surface area contributed by atoms with Crippen LogP contribution in [0.4, 0.5) is 0 Å². The summed E-state index contributed by atoms with van der Waals surface area (Å²) in [6.07, 6.45) is -0.422. The standard InChI is InChI=1S/C18H29N5O8/c1-8(2)14(16(28)21-10(18(30)31)7-12(20)24)22-15(27)11-4-3-5-23(11)17(29)9(19)6-13(25)26/h8-11,14H,3-7,19H2,1-2H3,(H2,20,24)(H,21,28)(H,22,27)(H,25,26)(H,30,31). The van der Waals surface area contributed by atoms with Gasteiger partial charge in [-0.25, -0.2) is 4.79 Å². The Bertz CT molecular complexity index is 740. The third-order valence-electron chi connectivity index (χ3n) is 4.82. The molecule has 174 valence electrons. The van der Waals surface area contributed by atoms with Gasteiger partial charge in [0.15, 0.2) is 0 Å². The van der Waals surface area contributed by atoms with Crippen LogP contribution in [0.3, 0.4) is 0 Å². The van der Waals surface area contributed by atoms with Crippen LogP contribution in [-0.2, 0) is 28.8 Å². The number of amides is 4. The summed E-state index contributed by atoms with van der Waals surface area (Å²) in [6.45, 7) is 3.45. The maximum Gasteiger partial charge on any atom is 0.326 e. The summed E-state index contributed by atoms with van der Waals surface area (Å²) in [5.74, 6) is -6.23. The second-order valence-electron chi connectivity index (χ2n) is 7.69. The summed E-state index contributed by atoms with van der Waals surface area (Å²) in [6, 6.07) is -4.95. The lowest BCUT2D eigenvalue weighted by Gasteiger charge is -2.29. The Labute approximate surface area is 178 Å². The summed E-state index contributed by atoms with van der Waals surface area (Å²) in [5, 5.41) is 22.6. The van der Waals surface area contributed by atoms with Crippen molar-refractivity contribution in [3.05, 3.63) is 0 Å². The van der Waals surface area contributed by atoms with Gasteiger partial charge < -0.3 is 37.2 Å². The summed E-state index contributed by atoms with van der Waals surface area (Å²) in [7, 11) is 0. The minimum absolute atomic E-state index is 0.211. The van der Waals surface area contributed by atoms with E-state index in [1.165, 1.54) is 4.90 Å². The molecule has 0 aromatic rings. The molecule has 0 aliphatic carbocycles. The third-order valence-corrected chi connectivity index (χ3v) is 4.82. The van der Waals surface area contributed by atoms with Crippen LogP contribution >= 0.6 is 0 Å². The van der Waals surface area contributed by atoms with Gasteiger partial charge in [-0.15, -0.1) is 0 Å². The molecule has 1 aliphatic rings. The number of primary amides is 1. The Morgan fingerprint density at radius 1 is 1.06 bits per heavy atom. The molecule has 0 bridgehead atoms. The molecule has 1 aliphatic heterocycles. The topological polar surface area (TPSA) is 222 Å². The van der Waals surface area contributed by atoms with Gasteiger partial charge in [0.1, 0.15) is 18.1 Å². The lowest BCUT2D eigenvalue weighted by Crippen LogP contribution is -2.58. The molecule has 1 rings (SSSR count). The van der Waals surface area contributed by atoms with E-state index in [1.807, 2.05) is 0 Å². The lowest BCUT2D eigenvalue weighted by molar-refractivity contribution is -0.145. The van der Waals surface area contributed by atoms with Gasteiger partial charge in [0, 0.05) is 6.54 Å². The number of carboxylic acids is 2. The maximum atomic E-state index is 12.8. The van der Waals surface area contributed by atoms with Gasteiger partial charge >= 0.3 is 11.9 Å². The zero-order valence-electron chi connectivity index (χ0n) is 17.4. The Morgan fingerprint density at radius 2 is 1.68 bits per heavy atom. The number of rotatable bonds is 11. The predicted octanol–water partition coefficient (Wildman–Crippen LogP) is -2.63. The van der Waals surface area contributed by atoms with Crippen molar-refractivity contribution >= 4 is 35.6 Å². The van der Waals surface area contributed by atoms with Crippen molar-refractivity contribution in [1.82, 2.24) is 15.5 Å². The first-order chi connectivity index (χ1) is 14.3. The molecule has 0 aromatic carbocycles. The van der Waals surface area contributed by atoms with Gasteiger partial charge in [-0.1, -0.05) is 13.8 Å². The molecule has 0 radical (unpaired) electrons. The number of carbonyl (C=O) groups is 6. The molecular formula is C18H29N5O8. The first-order valence-electron chi connectivity index (χ1n) is 9.74. The highest BCUT2D eigenvalue weighted by Gasteiger charge is 2.38. The van der Waals surface area contributed by atoms with Crippen molar-refractivity contribution in [2.45, 2.75) is 63.7 Å². The normalized spacial score (nSPS) is 18.7. The van der Waals surface area contributed by atoms with Crippen LogP contribution in [0.1, 0.15) is 39.5 Å². The van der Waals surface area contributed by atoms with Crippen LogP contribution in [0.25, 0.3) is 0 Å². The molecular weight excluding hydrogens is 414 g/mol. The van der Waals surface area contributed by atoms with Gasteiger partial charge in [0.05, 0.1) is 18.9 Å². The fourth-order valence-corrected chi connectivity index (χ4v) is 3.24. The number of nitrogens with one attached hydrogen (secondary N) is 2. The molecule has 8 N–H and O–H groups in total. The van der Waals surface area contributed by atoms with E-state index in [-0.39, 0.29) is 6.54 Å². The zero-order valence-corrected chi connectivity index (χ0v) is 17.4. The van der Waals surface area contributed by atoms with E-state index in [0.29, 0.717) is 12.8 Å². The molecule has 0 spiro atoms. The van der Waals surface area contributed by atoms with Crippen molar-refractivity contribution in [3.8, 4) is 0 Å². The molecule has 1 heterocycles. The summed E-state index contributed by atoms with van der Waals surface area (Å²) in [4.78, 5) is 72.1. The zero-order chi connectivity index (χ0) is 23.9. The van der Waals surface area contributed by atoms with Crippen LogP contribution < -0.4 is 22.1 Å². The number of carboxylic acid groups (broad SMARTS) is 2. The monoisotopic (exact) mass is 443 g/mol. The average molecular weight is 443 g/mol. The van der Waals surface area contributed by atoms with E-state index in [4.69, 9.17) is 21.7 Å². The molecule has 0 saturated carbocycles. The molecule has 4 atom stereocenters. The molecule has 31 heavy (non-hydrogen) atoms. The van der Waals surface area contributed by atoms with Crippen LogP contribution in [0.15, 0.2) is 0 Å². The molecule has 0 aromatic heterocycles. The molecule has 1 fully saturated rings. The number of hydrogen-bond donors (Lipinski definition) is 6. The number of hydrogen-bond acceptors (Lipinski definition) is 7. The number of likely N-dealkylation sites (tertiary alicyclic amines) is 1. The number of carbonyl (C=O) groups excluding carboxylic acids is 4. The van der Waals surface area contributed by atoms with Gasteiger partial charge in [-0.3, -0.25) is 24.0 Å². The Balaban J connectivity index is 2.89. The Morgan fingerprint density at radius 3 is 2.16 bits per heavy atom. The fraction of sp³-hybridized carbons (Fsp3) is 0.667.